The van der Waals surface area contributed by atoms with Gasteiger partial charge in [0.05, 0.1) is 26.4 Å². The van der Waals surface area contributed by atoms with E-state index < -0.39 is 97.5 Å². The van der Waals surface area contributed by atoms with Crippen LogP contribution in [-0.2, 0) is 65.4 Å². The monoisotopic (exact) mass is 1380 g/mol. The van der Waals surface area contributed by atoms with Gasteiger partial charge in [-0.05, 0) is 31.6 Å². The predicted octanol–water partition coefficient (Wildman–Crippen LogP) is 22.1. The number of aliphatic hydroxyl groups excluding tert-OH is 1. The molecular formula is C75H146O17P2. The van der Waals surface area contributed by atoms with Gasteiger partial charge in [-0.25, -0.2) is 9.13 Å². The highest BCUT2D eigenvalue weighted by atomic mass is 31.2. The lowest BCUT2D eigenvalue weighted by Crippen LogP contribution is -2.30. The summed E-state index contributed by atoms with van der Waals surface area (Å²) in [7, 11) is -9.90. The van der Waals surface area contributed by atoms with E-state index in [-0.39, 0.29) is 25.7 Å². The lowest BCUT2D eigenvalue weighted by atomic mass is 10.0. The van der Waals surface area contributed by atoms with Crippen molar-refractivity contribution in [1.29, 1.82) is 0 Å². The van der Waals surface area contributed by atoms with E-state index >= 15 is 0 Å². The highest BCUT2D eigenvalue weighted by Gasteiger charge is 2.30. The molecule has 0 aromatic rings. The number of phosphoric ester groups is 2. The molecule has 0 spiro atoms. The van der Waals surface area contributed by atoms with Crippen LogP contribution >= 0.6 is 15.6 Å². The van der Waals surface area contributed by atoms with Crippen molar-refractivity contribution in [3.05, 3.63) is 0 Å². The molecule has 3 N–H and O–H groups in total. The van der Waals surface area contributed by atoms with Gasteiger partial charge in [0.25, 0.3) is 0 Å². The highest BCUT2D eigenvalue weighted by Crippen LogP contribution is 2.45. The zero-order valence-electron chi connectivity index (χ0n) is 61.1. The van der Waals surface area contributed by atoms with Crippen molar-refractivity contribution in [2.75, 3.05) is 39.6 Å². The summed E-state index contributed by atoms with van der Waals surface area (Å²) in [5, 5.41) is 10.6. The van der Waals surface area contributed by atoms with Crippen LogP contribution < -0.4 is 0 Å². The van der Waals surface area contributed by atoms with Gasteiger partial charge in [-0.15, -0.1) is 0 Å². The Kier molecular flexibility index (Phi) is 66.8. The van der Waals surface area contributed by atoms with Crippen LogP contribution in [0.1, 0.15) is 394 Å². The number of rotatable bonds is 75. The molecule has 0 bridgehead atoms. The Morgan fingerprint density at radius 1 is 0.287 bits per heavy atom. The molecule has 0 saturated carbocycles. The second kappa shape index (κ2) is 68.2. The standard InChI is InChI=1S/C75H146O17P2/c1-6-9-12-15-18-21-24-25-26-27-28-29-30-31-32-33-36-39-46-51-56-61-75(80)92-71(65-86-73(78)59-54-49-44-41-40-42-47-52-57-68(4)5)67-90-94(83,84)88-63-69(76)62-87-93(81,82)89-66-70(91-74(79)60-55-50-45-38-35-23-20-17-14-11-8-3)64-85-72(77)58-53-48-43-37-34-22-19-16-13-10-7-2/h68-71,76H,6-67H2,1-5H3,(H,81,82)(H,83,84)/t69-,70+,71+/m0/s1. The molecule has 0 heterocycles. The number of aliphatic hydroxyl groups is 1. The fraction of sp³-hybridized carbons (Fsp3) is 0.947. The SMILES string of the molecule is CCCCCCCCCCCCCCCCCCCCCCCC(=O)O[C@H](COC(=O)CCCCCCCCCCC(C)C)COP(=O)(O)OC[C@@H](O)COP(=O)(O)OC[C@@H](COC(=O)CCCCCCCCCCCCC)OC(=O)CCCCCCCCCCCCC. The van der Waals surface area contributed by atoms with Crippen LogP contribution in [0.3, 0.4) is 0 Å². The molecule has 19 heteroatoms. The van der Waals surface area contributed by atoms with E-state index in [0.29, 0.717) is 25.7 Å². The van der Waals surface area contributed by atoms with Gasteiger partial charge in [0.1, 0.15) is 19.3 Å². The minimum absolute atomic E-state index is 0.107. The van der Waals surface area contributed by atoms with Crippen molar-refractivity contribution < 1.29 is 80.2 Å². The minimum atomic E-state index is -4.95. The van der Waals surface area contributed by atoms with Crippen molar-refractivity contribution in [1.82, 2.24) is 0 Å². The minimum Gasteiger partial charge on any atom is -0.462 e. The molecule has 0 saturated heterocycles. The van der Waals surface area contributed by atoms with E-state index in [9.17, 15) is 43.2 Å². The van der Waals surface area contributed by atoms with Crippen molar-refractivity contribution in [3.63, 3.8) is 0 Å². The molecular weight excluding hydrogens is 1230 g/mol. The summed E-state index contributed by atoms with van der Waals surface area (Å²) < 4.78 is 68.4. The Morgan fingerprint density at radius 2 is 0.489 bits per heavy atom. The largest absolute Gasteiger partial charge is 0.472 e. The first-order valence-electron chi connectivity index (χ1n) is 39.1. The molecule has 2 unspecified atom stereocenters. The number of carbonyl (C=O) groups is 4. The molecule has 0 rings (SSSR count). The summed E-state index contributed by atoms with van der Waals surface area (Å²) in [6, 6.07) is 0. The molecule has 0 aliphatic heterocycles. The maximum Gasteiger partial charge on any atom is 0.472 e. The number of esters is 4. The molecule has 5 atom stereocenters. The van der Waals surface area contributed by atoms with Crippen LogP contribution in [0.5, 0.6) is 0 Å². The molecule has 0 radical (unpaired) electrons. The number of hydrogen-bond acceptors (Lipinski definition) is 15. The Labute approximate surface area is 575 Å². The average molecular weight is 1380 g/mol. The molecule has 0 aromatic carbocycles. The van der Waals surface area contributed by atoms with Crippen molar-refractivity contribution >= 4 is 39.5 Å². The maximum atomic E-state index is 13.1. The first-order chi connectivity index (χ1) is 45.5. The van der Waals surface area contributed by atoms with E-state index in [1.807, 2.05) is 0 Å². The summed E-state index contributed by atoms with van der Waals surface area (Å²) >= 11 is 0. The van der Waals surface area contributed by atoms with Gasteiger partial charge in [0, 0.05) is 25.7 Å². The Balaban J connectivity index is 5.17. The van der Waals surface area contributed by atoms with Crippen LogP contribution in [0.2, 0.25) is 0 Å². The van der Waals surface area contributed by atoms with Crippen LogP contribution in [0.4, 0.5) is 0 Å². The Bertz CT molecular complexity index is 1810. The third-order valence-corrected chi connectivity index (χ3v) is 19.4. The Morgan fingerprint density at radius 3 is 0.723 bits per heavy atom. The third kappa shape index (κ3) is 68.6. The molecule has 17 nitrogen and oxygen atoms in total. The predicted molar refractivity (Wildman–Crippen MR) is 382 cm³/mol. The summed E-state index contributed by atoms with van der Waals surface area (Å²) in [5.74, 6) is -1.39. The van der Waals surface area contributed by atoms with E-state index in [1.165, 1.54) is 218 Å². The molecule has 0 fully saturated rings. The molecule has 94 heavy (non-hydrogen) atoms. The van der Waals surface area contributed by atoms with Crippen molar-refractivity contribution in [2.24, 2.45) is 5.92 Å². The van der Waals surface area contributed by atoms with E-state index in [2.05, 4.69) is 34.6 Å². The first kappa shape index (κ1) is 92.1. The van der Waals surface area contributed by atoms with Gasteiger partial charge < -0.3 is 33.8 Å². The summed E-state index contributed by atoms with van der Waals surface area (Å²) in [4.78, 5) is 72.7. The fourth-order valence-corrected chi connectivity index (χ4v) is 13.1. The molecule has 0 aliphatic carbocycles. The molecule has 558 valence electrons. The summed E-state index contributed by atoms with van der Waals surface area (Å²) in [6.07, 6.45) is 57.0. The fourth-order valence-electron chi connectivity index (χ4n) is 11.5. The number of unbranched alkanes of at least 4 members (excludes halogenated alkanes) is 47. The van der Waals surface area contributed by atoms with Gasteiger partial charge in [0.2, 0.25) is 0 Å². The lowest BCUT2D eigenvalue weighted by molar-refractivity contribution is -0.161. The van der Waals surface area contributed by atoms with Crippen LogP contribution in [0, 0.1) is 5.92 Å². The summed E-state index contributed by atoms with van der Waals surface area (Å²) in [6.45, 7) is 7.24. The number of ether oxygens (including phenoxy) is 4. The first-order valence-corrected chi connectivity index (χ1v) is 42.1. The number of phosphoric acid groups is 2. The van der Waals surface area contributed by atoms with E-state index in [4.69, 9.17) is 37.0 Å². The van der Waals surface area contributed by atoms with Gasteiger partial charge in [-0.3, -0.25) is 37.3 Å². The molecule has 0 aromatic heterocycles. The second-order valence-corrected chi connectivity index (χ2v) is 30.4. The Hall–Kier alpha value is -1.94. The quantitative estimate of drug-likeness (QED) is 0.0222. The summed E-state index contributed by atoms with van der Waals surface area (Å²) in [5.41, 5.74) is 0. The zero-order valence-corrected chi connectivity index (χ0v) is 62.9. The number of carbonyl (C=O) groups excluding carboxylic acids is 4. The lowest BCUT2D eigenvalue weighted by Gasteiger charge is -2.21. The molecule has 0 aliphatic rings. The van der Waals surface area contributed by atoms with Gasteiger partial charge >= 0.3 is 39.5 Å². The number of hydrogen-bond donors (Lipinski definition) is 3. The maximum absolute atomic E-state index is 13.1. The highest BCUT2D eigenvalue weighted by molar-refractivity contribution is 7.47. The van der Waals surface area contributed by atoms with Gasteiger partial charge in [-0.2, -0.15) is 0 Å². The van der Waals surface area contributed by atoms with Crippen LogP contribution in [0.15, 0.2) is 0 Å². The van der Waals surface area contributed by atoms with Crippen LogP contribution in [-0.4, -0.2) is 96.7 Å². The normalized spacial score (nSPS) is 14.0. The smallest absolute Gasteiger partial charge is 0.462 e. The second-order valence-electron chi connectivity index (χ2n) is 27.5. The van der Waals surface area contributed by atoms with Crippen molar-refractivity contribution in [3.8, 4) is 0 Å². The van der Waals surface area contributed by atoms with Crippen molar-refractivity contribution in [2.45, 2.75) is 412 Å². The third-order valence-electron chi connectivity index (χ3n) is 17.5. The van der Waals surface area contributed by atoms with Crippen LogP contribution in [0.25, 0.3) is 0 Å². The topological polar surface area (TPSA) is 237 Å². The van der Waals surface area contributed by atoms with Gasteiger partial charge in [-0.1, -0.05) is 343 Å². The van der Waals surface area contributed by atoms with E-state index in [0.717, 1.165) is 95.8 Å². The average Bonchev–Trinajstić information content (AvgIpc) is 3.22. The molecule has 0 amide bonds. The van der Waals surface area contributed by atoms with E-state index in [1.54, 1.807) is 0 Å². The van der Waals surface area contributed by atoms with Gasteiger partial charge in [0.15, 0.2) is 12.2 Å². The zero-order chi connectivity index (χ0) is 69.1.